The molecule has 1 rings (SSSR count). The summed E-state index contributed by atoms with van der Waals surface area (Å²) in [7, 11) is 0.323. The van der Waals surface area contributed by atoms with Gasteiger partial charge in [-0.3, -0.25) is 4.79 Å². The Morgan fingerprint density at radius 1 is 1.35 bits per heavy atom. The van der Waals surface area contributed by atoms with Gasteiger partial charge in [-0.2, -0.15) is 4.31 Å². The van der Waals surface area contributed by atoms with E-state index in [4.69, 9.17) is 5.73 Å². The van der Waals surface area contributed by atoms with Gasteiger partial charge in [-0.1, -0.05) is 0 Å². The number of sulfonamides is 1. The highest BCUT2D eigenvalue weighted by molar-refractivity contribution is 9.10. The zero-order valence-electron chi connectivity index (χ0n) is 11.2. The molecule has 0 fully saturated rings. The molecule has 0 saturated carbocycles. The standard InChI is InChI=1S/C11H15BrFN3O3S/c1-15(2)11(17)6-16(3)20(18,19)10-4-7(12)8(13)5-9(10)14/h4-5H,6,14H2,1-3H3. The van der Waals surface area contributed by atoms with Gasteiger partial charge in [0, 0.05) is 21.1 Å². The Labute approximate surface area is 125 Å². The number of nitrogens with two attached hydrogens (primary N) is 1. The Morgan fingerprint density at radius 3 is 2.40 bits per heavy atom. The van der Waals surface area contributed by atoms with Crippen molar-refractivity contribution in [1.82, 2.24) is 9.21 Å². The third-order valence-electron chi connectivity index (χ3n) is 2.60. The minimum atomic E-state index is -3.97. The number of likely N-dealkylation sites (N-methyl/N-ethyl adjacent to an activating group) is 2. The third kappa shape index (κ3) is 3.47. The van der Waals surface area contributed by atoms with Gasteiger partial charge in [0.25, 0.3) is 0 Å². The Balaban J connectivity index is 3.17. The topological polar surface area (TPSA) is 83.7 Å². The summed E-state index contributed by atoms with van der Waals surface area (Å²) < 4.78 is 38.7. The number of nitrogen functional groups attached to an aromatic ring is 1. The molecule has 0 aliphatic carbocycles. The highest BCUT2D eigenvalue weighted by Crippen LogP contribution is 2.27. The molecule has 0 atom stereocenters. The van der Waals surface area contributed by atoms with Crippen molar-refractivity contribution in [2.45, 2.75) is 4.90 Å². The minimum Gasteiger partial charge on any atom is -0.398 e. The lowest BCUT2D eigenvalue weighted by Crippen LogP contribution is -2.38. The molecule has 6 nitrogen and oxygen atoms in total. The Morgan fingerprint density at radius 2 is 1.90 bits per heavy atom. The summed E-state index contributed by atoms with van der Waals surface area (Å²) in [6.45, 7) is -0.330. The van der Waals surface area contributed by atoms with E-state index in [2.05, 4.69) is 15.9 Å². The first-order valence-electron chi connectivity index (χ1n) is 5.48. The fourth-order valence-corrected chi connectivity index (χ4v) is 3.09. The van der Waals surface area contributed by atoms with Crippen LogP contribution in [0.3, 0.4) is 0 Å². The molecule has 2 N–H and O–H groups in total. The number of amides is 1. The first-order chi connectivity index (χ1) is 9.07. The van der Waals surface area contributed by atoms with Crippen LogP contribution in [0, 0.1) is 5.82 Å². The fourth-order valence-electron chi connectivity index (χ4n) is 1.35. The summed E-state index contributed by atoms with van der Waals surface area (Å²) >= 11 is 2.91. The molecule has 0 heterocycles. The quantitative estimate of drug-likeness (QED) is 0.800. The summed E-state index contributed by atoms with van der Waals surface area (Å²) in [6.07, 6.45) is 0. The number of benzene rings is 1. The minimum absolute atomic E-state index is 0.0161. The van der Waals surface area contributed by atoms with Crippen molar-refractivity contribution >= 4 is 37.5 Å². The molecule has 1 aromatic carbocycles. The van der Waals surface area contributed by atoms with Crippen molar-refractivity contribution in [2.75, 3.05) is 33.4 Å². The highest BCUT2D eigenvalue weighted by Gasteiger charge is 2.26. The monoisotopic (exact) mass is 367 g/mol. The van der Waals surface area contributed by atoms with Crippen LogP contribution in [-0.2, 0) is 14.8 Å². The smallest absolute Gasteiger partial charge is 0.245 e. The van der Waals surface area contributed by atoms with E-state index < -0.39 is 15.8 Å². The average Bonchev–Trinajstić information content (AvgIpc) is 2.33. The van der Waals surface area contributed by atoms with Crippen molar-refractivity contribution in [3.8, 4) is 0 Å². The maximum Gasteiger partial charge on any atom is 0.245 e. The Kier molecular flexibility index (Phi) is 5.11. The van der Waals surface area contributed by atoms with Crippen LogP contribution in [0.4, 0.5) is 10.1 Å². The predicted molar refractivity (Wildman–Crippen MR) is 77.0 cm³/mol. The van der Waals surface area contributed by atoms with Crippen LogP contribution in [-0.4, -0.2) is 51.2 Å². The average molecular weight is 368 g/mol. The molecule has 0 bridgehead atoms. The van der Waals surface area contributed by atoms with Gasteiger partial charge < -0.3 is 10.6 Å². The number of halogens is 2. The number of hydrogen-bond acceptors (Lipinski definition) is 4. The molecule has 0 aromatic heterocycles. The second-order valence-electron chi connectivity index (χ2n) is 4.35. The van der Waals surface area contributed by atoms with E-state index in [0.29, 0.717) is 0 Å². The van der Waals surface area contributed by atoms with Crippen LogP contribution in [0.1, 0.15) is 0 Å². The number of nitrogens with zero attached hydrogens (tertiary/aromatic N) is 2. The maximum atomic E-state index is 13.3. The number of carbonyl (C=O) groups excluding carboxylic acids is 1. The summed E-state index contributed by atoms with van der Waals surface area (Å²) in [5.41, 5.74) is 5.33. The molecule has 0 spiro atoms. The van der Waals surface area contributed by atoms with E-state index in [-0.39, 0.29) is 27.5 Å². The predicted octanol–water partition coefficient (Wildman–Crippen LogP) is 0.879. The van der Waals surface area contributed by atoms with Crippen LogP contribution in [0.25, 0.3) is 0 Å². The van der Waals surface area contributed by atoms with Crippen molar-refractivity contribution in [3.05, 3.63) is 22.4 Å². The molecular weight excluding hydrogens is 353 g/mol. The third-order valence-corrected chi connectivity index (χ3v) is 5.06. The molecule has 20 heavy (non-hydrogen) atoms. The molecule has 0 unspecified atom stereocenters. The van der Waals surface area contributed by atoms with E-state index >= 15 is 0 Å². The van der Waals surface area contributed by atoms with Crippen molar-refractivity contribution < 1.29 is 17.6 Å². The largest absolute Gasteiger partial charge is 0.398 e. The Bertz CT molecular complexity index is 634. The lowest BCUT2D eigenvalue weighted by atomic mass is 10.3. The fraction of sp³-hybridized carbons (Fsp3) is 0.364. The molecule has 0 aliphatic heterocycles. The highest BCUT2D eigenvalue weighted by atomic mass is 79.9. The zero-order valence-corrected chi connectivity index (χ0v) is 13.6. The molecule has 9 heteroatoms. The SMILES string of the molecule is CN(C)C(=O)CN(C)S(=O)(=O)c1cc(Br)c(F)cc1N. The normalized spacial score (nSPS) is 11.7. The van der Waals surface area contributed by atoms with E-state index in [1.165, 1.54) is 26.0 Å². The summed E-state index contributed by atoms with van der Waals surface area (Å²) in [5.74, 6) is -1.04. The van der Waals surface area contributed by atoms with Gasteiger partial charge in [0.15, 0.2) is 0 Å². The summed E-state index contributed by atoms with van der Waals surface area (Å²) in [6, 6.07) is 2.00. The second kappa shape index (κ2) is 6.06. The van der Waals surface area contributed by atoms with Gasteiger partial charge in [0.05, 0.1) is 16.7 Å². The van der Waals surface area contributed by atoms with Crippen LogP contribution >= 0.6 is 15.9 Å². The van der Waals surface area contributed by atoms with Crippen LogP contribution < -0.4 is 5.73 Å². The number of carbonyl (C=O) groups is 1. The lowest BCUT2D eigenvalue weighted by molar-refractivity contribution is -0.128. The van der Waals surface area contributed by atoms with Crippen molar-refractivity contribution in [2.24, 2.45) is 0 Å². The van der Waals surface area contributed by atoms with Crippen LogP contribution in [0.2, 0.25) is 0 Å². The number of rotatable bonds is 4. The maximum absolute atomic E-state index is 13.3. The zero-order chi connectivity index (χ0) is 15.7. The Hall–Kier alpha value is -1.19. The van der Waals surface area contributed by atoms with Gasteiger partial charge >= 0.3 is 0 Å². The molecule has 1 amide bonds. The van der Waals surface area contributed by atoms with Crippen LogP contribution in [0.5, 0.6) is 0 Å². The van der Waals surface area contributed by atoms with E-state index in [1.54, 1.807) is 0 Å². The van der Waals surface area contributed by atoms with E-state index in [0.717, 1.165) is 16.4 Å². The van der Waals surface area contributed by atoms with E-state index in [9.17, 15) is 17.6 Å². The summed E-state index contributed by atoms with van der Waals surface area (Å²) in [4.78, 5) is 12.6. The number of hydrogen-bond donors (Lipinski definition) is 1. The molecule has 112 valence electrons. The van der Waals surface area contributed by atoms with Gasteiger partial charge in [-0.05, 0) is 28.1 Å². The summed E-state index contributed by atoms with van der Waals surface area (Å²) in [5, 5.41) is 0. The number of anilines is 1. The van der Waals surface area contributed by atoms with Crippen molar-refractivity contribution in [1.29, 1.82) is 0 Å². The molecular formula is C11H15BrFN3O3S. The van der Waals surface area contributed by atoms with Gasteiger partial charge in [0.2, 0.25) is 15.9 Å². The van der Waals surface area contributed by atoms with Gasteiger partial charge in [0.1, 0.15) is 10.7 Å². The van der Waals surface area contributed by atoms with Gasteiger partial charge in [-0.15, -0.1) is 0 Å². The van der Waals surface area contributed by atoms with Crippen LogP contribution in [0.15, 0.2) is 21.5 Å². The first kappa shape index (κ1) is 16.9. The molecule has 1 aromatic rings. The molecule has 0 radical (unpaired) electrons. The first-order valence-corrected chi connectivity index (χ1v) is 7.71. The van der Waals surface area contributed by atoms with E-state index in [1.807, 2.05) is 0 Å². The molecule has 0 saturated heterocycles. The lowest BCUT2D eigenvalue weighted by Gasteiger charge is -2.20. The second-order valence-corrected chi connectivity index (χ2v) is 7.22. The van der Waals surface area contributed by atoms with Gasteiger partial charge in [-0.25, -0.2) is 12.8 Å². The molecule has 0 aliphatic rings. The van der Waals surface area contributed by atoms with Crippen molar-refractivity contribution in [3.63, 3.8) is 0 Å².